The molecule has 84 valence electrons. The van der Waals surface area contributed by atoms with Crippen LogP contribution in [0, 0.1) is 0 Å². The molecule has 16 heavy (non-hydrogen) atoms. The molecule has 0 atom stereocenters. The maximum Gasteiger partial charge on any atom is 0.331 e. The van der Waals surface area contributed by atoms with Crippen LogP contribution >= 0.6 is 11.8 Å². The summed E-state index contributed by atoms with van der Waals surface area (Å²) in [6, 6.07) is 8.04. The quantitative estimate of drug-likeness (QED) is 0.631. The number of rotatable bonds is 2. The molecule has 0 saturated heterocycles. The van der Waals surface area contributed by atoms with Crippen molar-refractivity contribution >= 4 is 23.4 Å². The first-order chi connectivity index (χ1) is 7.79. The maximum atomic E-state index is 11.3. The molecule has 0 aromatic heterocycles. The zero-order valence-electron chi connectivity index (χ0n) is 9.03. The largest absolute Gasteiger partial charge is 0.463 e. The second-order valence-corrected chi connectivity index (χ2v) is 4.48. The van der Waals surface area contributed by atoms with E-state index in [0.29, 0.717) is 13.2 Å². The molecule has 3 nitrogen and oxygen atoms in total. The number of benzene rings is 1. The molecule has 0 radical (unpaired) electrons. The Morgan fingerprint density at radius 1 is 1.56 bits per heavy atom. The molecule has 0 unspecified atom stereocenters. The van der Waals surface area contributed by atoms with E-state index in [4.69, 9.17) is 4.74 Å². The normalized spacial score (nSPS) is 16.4. The highest BCUT2D eigenvalue weighted by molar-refractivity contribution is 8.03. The highest BCUT2D eigenvalue weighted by Gasteiger charge is 2.13. The fourth-order valence-electron chi connectivity index (χ4n) is 1.46. The van der Waals surface area contributed by atoms with Gasteiger partial charge in [-0.1, -0.05) is 23.9 Å². The van der Waals surface area contributed by atoms with Crippen LogP contribution in [0.2, 0.25) is 0 Å². The average Bonchev–Trinajstić information content (AvgIpc) is 2.29. The number of fused-ring (bicyclic) bond motifs is 1. The predicted octanol–water partition coefficient (Wildman–Crippen LogP) is 2.65. The lowest BCUT2D eigenvalue weighted by Crippen LogP contribution is -2.11. The lowest BCUT2D eigenvalue weighted by molar-refractivity contribution is -0.137. The van der Waals surface area contributed by atoms with Crippen LogP contribution in [0.15, 0.2) is 40.1 Å². The number of nitrogens with one attached hydrogen (secondary N) is 1. The van der Waals surface area contributed by atoms with Crippen molar-refractivity contribution in [3.8, 4) is 0 Å². The van der Waals surface area contributed by atoms with Crippen LogP contribution in [0.4, 0.5) is 5.69 Å². The van der Waals surface area contributed by atoms with E-state index in [1.165, 1.54) is 0 Å². The number of hydrogen-bond donors (Lipinski definition) is 1. The molecule has 0 fully saturated rings. The van der Waals surface area contributed by atoms with E-state index >= 15 is 0 Å². The molecule has 1 aromatic carbocycles. The van der Waals surface area contributed by atoms with Crippen molar-refractivity contribution in [2.75, 3.05) is 18.5 Å². The first-order valence-electron chi connectivity index (χ1n) is 5.17. The molecular formula is C12H13NO2S. The number of hydrogen-bond acceptors (Lipinski definition) is 4. The van der Waals surface area contributed by atoms with Gasteiger partial charge in [0.2, 0.25) is 0 Å². The van der Waals surface area contributed by atoms with Crippen molar-refractivity contribution < 1.29 is 9.53 Å². The fourth-order valence-corrected chi connectivity index (χ4v) is 2.44. The van der Waals surface area contributed by atoms with Crippen LogP contribution in [-0.4, -0.2) is 19.1 Å². The molecular weight excluding hydrogens is 222 g/mol. The summed E-state index contributed by atoms with van der Waals surface area (Å²) >= 11 is 1.61. The van der Waals surface area contributed by atoms with Gasteiger partial charge in [0.05, 0.1) is 6.61 Å². The minimum Gasteiger partial charge on any atom is -0.463 e. The number of esters is 1. The van der Waals surface area contributed by atoms with Gasteiger partial charge in [-0.05, 0) is 19.1 Å². The molecule has 0 aliphatic carbocycles. The van der Waals surface area contributed by atoms with E-state index in [0.717, 1.165) is 15.5 Å². The Kier molecular flexibility index (Phi) is 3.51. The third-order valence-electron chi connectivity index (χ3n) is 2.15. The zero-order chi connectivity index (χ0) is 11.4. The van der Waals surface area contributed by atoms with Crippen molar-refractivity contribution in [3.05, 3.63) is 35.2 Å². The number of anilines is 1. The highest BCUT2D eigenvalue weighted by atomic mass is 32.2. The van der Waals surface area contributed by atoms with Gasteiger partial charge in [0.15, 0.2) is 0 Å². The number of ether oxygens (including phenoxy) is 1. The lowest BCUT2D eigenvalue weighted by Gasteiger charge is -2.19. The van der Waals surface area contributed by atoms with Gasteiger partial charge >= 0.3 is 5.97 Å². The summed E-state index contributed by atoms with van der Waals surface area (Å²) in [5.74, 6) is -0.272. The Labute approximate surface area is 98.9 Å². The molecule has 4 heteroatoms. The molecule has 2 rings (SSSR count). The Hall–Kier alpha value is -1.42. The van der Waals surface area contributed by atoms with Crippen LogP contribution in [0.1, 0.15) is 6.92 Å². The van der Waals surface area contributed by atoms with E-state index in [1.54, 1.807) is 24.8 Å². The van der Waals surface area contributed by atoms with Crippen LogP contribution in [0.3, 0.4) is 0 Å². The van der Waals surface area contributed by atoms with Gasteiger partial charge in [0.25, 0.3) is 0 Å². The third-order valence-corrected chi connectivity index (χ3v) is 3.25. The van der Waals surface area contributed by atoms with Crippen LogP contribution in [0.25, 0.3) is 0 Å². The summed E-state index contributed by atoms with van der Waals surface area (Å²) in [7, 11) is 0. The van der Waals surface area contributed by atoms with E-state index in [-0.39, 0.29) is 5.97 Å². The number of carbonyl (C=O) groups is 1. The van der Waals surface area contributed by atoms with E-state index in [1.807, 2.05) is 24.3 Å². The predicted molar refractivity (Wildman–Crippen MR) is 65.5 cm³/mol. The number of carbonyl (C=O) groups excluding carboxylic acids is 1. The van der Waals surface area contributed by atoms with Crippen molar-refractivity contribution in [2.45, 2.75) is 11.8 Å². The minimum atomic E-state index is -0.272. The number of para-hydroxylation sites is 1. The summed E-state index contributed by atoms with van der Waals surface area (Å²) in [5.41, 5.74) is 1.12. The molecule has 1 aromatic rings. The first-order valence-corrected chi connectivity index (χ1v) is 5.99. The maximum absolute atomic E-state index is 11.3. The van der Waals surface area contributed by atoms with Gasteiger partial charge in [0, 0.05) is 28.1 Å². The Bertz CT molecular complexity index is 429. The molecule has 1 aliphatic heterocycles. The van der Waals surface area contributed by atoms with E-state index in [2.05, 4.69) is 5.32 Å². The number of thioether (sulfide) groups is 1. The van der Waals surface area contributed by atoms with Crippen LogP contribution < -0.4 is 5.32 Å². The van der Waals surface area contributed by atoms with Crippen molar-refractivity contribution in [1.29, 1.82) is 0 Å². The zero-order valence-corrected chi connectivity index (χ0v) is 9.84. The standard InChI is InChI=1S/C12H13NO2S/c1-2-15-12(14)7-9-8-13-10-5-3-4-6-11(10)16-9/h3-7,13H,2,8H2,1H3. The average molecular weight is 235 g/mol. The Balaban J connectivity index is 2.10. The topological polar surface area (TPSA) is 38.3 Å². The highest BCUT2D eigenvalue weighted by Crippen LogP contribution is 2.36. The van der Waals surface area contributed by atoms with Crippen LogP contribution in [-0.2, 0) is 9.53 Å². The van der Waals surface area contributed by atoms with Gasteiger partial charge in [-0.15, -0.1) is 0 Å². The summed E-state index contributed by atoms with van der Waals surface area (Å²) in [4.78, 5) is 13.4. The molecule has 0 bridgehead atoms. The summed E-state index contributed by atoms with van der Waals surface area (Å²) < 4.78 is 4.88. The minimum absolute atomic E-state index is 0.272. The summed E-state index contributed by atoms with van der Waals surface area (Å²) in [5, 5.41) is 3.26. The molecule has 1 N–H and O–H groups in total. The van der Waals surface area contributed by atoms with Crippen LogP contribution in [0.5, 0.6) is 0 Å². The molecule has 0 saturated carbocycles. The third kappa shape index (κ3) is 2.58. The second-order valence-electron chi connectivity index (χ2n) is 3.31. The SMILES string of the molecule is CCOC(=O)C=C1CNc2ccccc2S1. The molecule has 0 amide bonds. The van der Waals surface area contributed by atoms with Crippen molar-refractivity contribution in [3.63, 3.8) is 0 Å². The van der Waals surface area contributed by atoms with Gasteiger partial charge in [-0.3, -0.25) is 0 Å². The molecule has 1 aliphatic rings. The van der Waals surface area contributed by atoms with Gasteiger partial charge in [-0.2, -0.15) is 0 Å². The van der Waals surface area contributed by atoms with Crippen molar-refractivity contribution in [2.24, 2.45) is 0 Å². The summed E-state index contributed by atoms with van der Waals surface area (Å²) in [6.45, 7) is 2.90. The molecule has 1 heterocycles. The second kappa shape index (κ2) is 5.07. The fraction of sp³-hybridized carbons (Fsp3) is 0.250. The Morgan fingerprint density at radius 2 is 2.38 bits per heavy atom. The molecule has 0 spiro atoms. The van der Waals surface area contributed by atoms with Gasteiger partial charge in [0.1, 0.15) is 0 Å². The van der Waals surface area contributed by atoms with Crippen molar-refractivity contribution in [1.82, 2.24) is 0 Å². The van der Waals surface area contributed by atoms with E-state index in [9.17, 15) is 4.79 Å². The Morgan fingerprint density at radius 3 is 3.19 bits per heavy atom. The van der Waals surface area contributed by atoms with Gasteiger partial charge in [-0.25, -0.2) is 4.79 Å². The summed E-state index contributed by atoms with van der Waals surface area (Å²) in [6.07, 6.45) is 1.55. The smallest absolute Gasteiger partial charge is 0.331 e. The van der Waals surface area contributed by atoms with Gasteiger partial charge < -0.3 is 10.1 Å². The lowest BCUT2D eigenvalue weighted by atomic mass is 10.3. The monoisotopic (exact) mass is 235 g/mol. The van der Waals surface area contributed by atoms with E-state index < -0.39 is 0 Å². The first kappa shape index (κ1) is 11.1.